The van der Waals surface area contributed by atoms with Gasteiger partial charge in [-0.05, 0) is 55.8 Å². The number of hydrogen-bond acceptors (Lipinski definition) is 2. The number of nitrogens with one attached hydrogen (secondary N) is 1. The summed E-state index contributed by atoms with van der Waals surface area (Å²) in [6, 6.07) is 2.14. The molecule has 1 aromatic heterocycles. The first-order valence-electron chi connectivity index (χ1n) is 6.64. The van der Waals surface area contributed by atoms with Crippen LogP contribution in [0.3, 0.4) is 0 Å². The van der Waals surface area contributed by atoms with Crippen LogP contribution in [-0.4, -0.2) is 13.1 Å². The van der Waals surface area contributed by atoms with E-state index in [0.717, 1.165) is 18.4 Å². The summed E-state index contributed by atoms with van der Waals surface area (Å²) in [4.78, 5) is 0. The molecule has 0 aromatic carbocycles. The Kier molecular flexibility index (Phi) is 4.46. The third-order valence-electron chi connectivity index (χ3n) is 3.71. The largest absolute Gasteiger partial charge is 0.472 e. The molecule has 0 bridgehead atoms. The van der Waals surface area contributed by atoms with E-state index in [1.165, 1.54) is 44.2 Å². The molecule has 16 heavy (non-hydrogen) atoms. The SMILES string of the molecule is CCCNCC1CCCCC1c1ccoc1. The van der Waals surface area contributed by atoms with Gasteiger partial charge in [-0.3, -0.25) is 0 Å². The van der Waals surface area contributed by atoms with Crippen LogP contribution in [0.5, 0.6) is 0 Å². The predicted octanol–water partition coefficient (Wildman–Crippen LogP) is 3.55. The molecule has 1 saturated carbocycles. The zero-order chi connectivity index (χ0) is 11.2. The van der Waals surface area contributed by atoms with Gasteiger partial charge in [-0.1, -0.05) is 19.8 Å². The maximum Gasteiger partial charge on any atom is 0.0937 e. The molecule has 1 fully saturated rings. The lowest BCUT2D eigenvalue weighted by molar-refractivity contribution is 0.295. The standard InChI is InChI=1S/C14H23NO/c1-2-8-15-10-12-5-3-4-6-14(12)13-7-9-16-11-13/h7,9,11-12,14-15H,2-6,8,10H2,1H3. The van der Waals surface area contributed by atoms with Gasteiger partial charge in [0.2, 0.25) is 0 Å². The molecule has 1 N–H and O–H groups in total. The molecule has 1 aromatic rings. The van der Waals surface area contributed by atoms with E-state index < -0.39 is 0 Å². The number of furan rings is 1. The molecule has 2 rings (SSSR count). The minimum Gasteiger partial charge on any atom is -0.472 e. The van der Waals surface area contributed by atoms with E-state index in [2.05, 4.69) is 18.3 Å². The molecular formula is C14H23NO. The summed E-state index contributed by atoms with van der Waals surface area (Å²) in [6.45, 7) is 4.54. The van der Waals surface area contributed by atoms with E-state index in [1.807, 2.05) is 6.26 Å². The van der Waals surface area contributed by atoms with E-state index in [4.69, 9.17) is 4.42 Å². The Labute approximate surface area is 98.4 Å². The normalized spacial score (nSPS) is 25.8. The average Bonchev–Trinajstić information content (AvgIpc) is 2.83. The van der Waals surface area contributed by atoms with Gasteiger partial charge in [0.15, 0.2) is 0 Å². The summed E-state index contributed by atoms with van der Waals surface area (Å²) >= 11 is 0. The molecule has 2 unspecified atom stereocenters. The summed E-state index contributed by atoms with van der Waals surface area (Å²) < 4.78 is 5.22. The van der Waals surface area contributed by atoms with Crippen molar-refractivity contribution < 1.29 is 4.42 Å². The van der Waals surface area contributed by atoms with Gasteiger partial charge in [-0.15, -0.1) is 0 Å². The molecular weight excluding hydrogens is 198 g/mol. The molecule has 0 spiro atoms. The highest BCUT2D eigenvalue weighted by Gasteiger charge is 2.26. The summed E-state index contributed by atoms with van der Waals surface area (Å²) in [6.07, 6.45) is 10.4. The van der Waals surface area contributed by atoms with E-state index in [-0.39, 0.29) is 0 Å². The van der Waals surface area contributed by atoms with E-state index >= 15 is 0 Å². The Hall–Kier alpha value is -0.760. The van der Waals surface area contributed by atoms with Crippen molar-refractivity contribution in [2.75, 3.05) is 13.1 Å². The predicted molar refractivity (Wildman–Crippen MR) is 66.6 cm³/mol. The smallest absolute Gasteiger partial charge is 0.0937 e. The summed E-state index contributed by atoms with van der Waals surface area (Å²) in [5, 5.41) is 3.57. The van der Waals surface area contributed by atoms with Crippen molar-refractivity contribution >= 4 is 0 Å². The Morgan fingerprint density at radius 3 is 3.00 bits per heavy atom. The van der Waals surface area contributed by atoms with Crippen LogP contribution in [0.15, 0.2) is 23.0 Å². The first kappa shape index (κ1) is 11.7. The Balaban J connectivity index is 1.92. The highest BCUT2D eigenvalue weighted by Crippen LogP contribution is 2.37. The van der Waals surface area contributed by atoms with Crippen molar-refractivity contribution in [3.05, 3.63) is 24.2 Å². The quantitative estimate of drug-likeness (QED) is 0.769. The first-order chi connectivity index (χ1) is 7.92. The minimum atomic E-state index is 0.719. The lowest BCUT2D eigenvalue weighted by atomic mass is 9.76. The fourth-order valence-corrected chi connectivity index (χ4v) is 2.84. The fraction of sp³-hybridized carbons (Fsp3) is 0.714. The monoisotopic (exact) mass is 221 g/mol. The fourth-order valence-electron chi connectivity index (χ4n) is 2.84. The topological polar surface area (TPSA) is 25.2 Å². The van der Waals surface area contributed by atoms with Crippen molar-refractivity contribution in [1.29, 1.82) is 0 Å². The van der Waals surface area contributed by atoms with Crippen LogP contribution in [0.4, 0.5) is 0 Å². The molecule has 0 radical (unpaired) electrons. The van der Waals surface area contributed by atoms with Crippen molar-refractivity contribution in [2.45, 2.75) is 44.9 Å². The molecule has 2 atom stereocenters. The van der Waals surface area contributed by atoms with Crippen LogP contribution >= 0.6 is 0 Å². The second kappa shape index (κ2) is 6.09. The van der Waals surface area contributed by atoms with Crippen LogP contribution < -0.4 is 5.32 Å². The number of hydrogen-bond donors (Lipinski definition) is 1. The molecule has 1 heterocycles. The van der Waals surface area contributed by atoms with Gasteiger partial charge in [0.25, 0.3) is 0 Å². The highest BCUT2D eigenvalue weighted by atomic mass is 16.3. The Morgan fingerprint density at radius 1 is 1.38 bits per heavy atom. The third kappa shape index (κ3) is 2.88. The van der Waals surface area contributed by atoms with Crippen LogP contribution in [0.2, 0.25) is 0 Å². The highest BCUT2D eigenvalue weighted by molar-refractivity contribution is 5.14. The molecule has 2 heteroatoms. The van der Waals surface area contributed by atoms with Crippen molar-refractivity contribution in [3.8, 4) is 0 Å². The molecule has 1 aliphatic rings. The van der Waals surface area contributed by atoms with E-state index in [9.17, 15) is 0 Å². The van der Waals surface area contributed by atoms with Gasteiger partial charge >= 0.3 is 0 Å². The second-order valence-electron chi connectivity index (χ2n) is 4.91. The Morgan fingerprint density at radius 2 is 2.25 bits per heavy atom. The lowest BCUT2D eigenvalue weighted by Gasteiger charge is -2.31. The van der Waals surface area contributed by atoms with Crippen molar-refractivity contribution in [1.82, 2.24) is 5.32 Å². The molecule has 1 aliphatic carbocycles. The molecule has 0 amide bonds. The zero-order valence-corrected chi connectivity index (χ0v) is 10.2. The van der Waals surface area contributed by atoms with Crippen LogP contribution in [0.25, 0.3) is 0 Å². The summed E-state index contributed by atoms with van der Waals surface area (Å²) in [5.74, 6) is 1.52. The van der Waals surface area contributed by atoms with E-state index in [0.29, 0.717) is 0 Å². The second-order valence-corrected chi connectivity index (χ2v) is 4.91. The van der Waals surface area contributed by atoms with Gasteiger partial charge < -0.3 is 9.73 Å². The average molecular weight is 221 g/mol. The summed E-state index contributed by atoms with van der Waals surface area (Å²) in [5.41, 5.74) is 1.41. The molecule has 0 saturated heterocycles. The third-order valence-corrected chi connectivity index (χ3v) is 3.71. The molecule has 2 nitrogen and oxygen atoms in total. The summed E-state index contributed by atoms with van der Waals surface area (Å²) in [7, 11) is 0. The van der Waals surface area contributed by atoms with E-state index in [1.54, 1.807) is 6.26 Å². The Bertz CT molecular complexity index is 281. The zero-order valence-electron chi connectivity index (χ0n) is 10.2. The van der Waals surface area contributed by atoms with Crippen LogP contribution in [-0.2, 0) is 0 Å². The van der Waals surface area contributed by atoms with Crippen molar-refractivity contribution in [3.63, 3.8) is 0 Å². The maximum absolute atomic E-state index is 5.22. The molecule has 90 valence electrons. The van der Waals surface area contributed by atoms with Crippen molar-refractivity contribution in [2.24, 2.45) is 5.92 Å². The molecule has 0 aliphatic heterocycles. The van der Waals surface area contributed by atoms with Gasteiger partial charge in [0.1, 0.15) is 0 Å². The lowest BCUT2D eigenvalue weighted by Crippen LogP contribution is -2.29. The van der Waals surface area contributed by atoms with Gasteiger partial charge in [-0.2, -0.15) is 0 Å². The first-order valence-corrected chi connectivity index (χ1v) is 6.64. The maximum atomic E-state index is 5.22. The van der Waals surface area contributed by atoms with Crippen LogP contribution in [0, 0.1) is 5.92 Å². The number of rotatable bonds is 5. The van der Waals surface area contributed by atoms with Gasteiger partial charge in [0, 0.05) is 0 Å². The van der Waals surface area contributed by atoms with Gasteiger partial charge in [-0.25, -0.2) is 0 Å². The minimum absolute atomic E-state index is 0.719. The van der Waals surface area contributed by atoms with Crippen LogP contribution in [0.1, 0.15) is 50.5 Å². The van der Waals surface area contributed by atoms with Gasteiger partial charge in [0.05, 0.1) is 12.5 Å².